The third kappa shape index (κ3) is 1.97. The van der Waals surface area contributed by atoms with Gasteiger partial charge in [0, 0.05) is 11.6 Å². The fourth-order valence-electron chi connectivity index (χ4n) is 2.40. The molecule has 0 radical (unpaired) electrons. The van der Waals surface area contributed by atoms with E-state index in [0.29, 0.717) is 17.7 Å². The normalized spacial score (nSPS) is 29.6. The molecule has 0 aromatic rings. The van der Waals surface area contributed by atoms with Gasteiger partial charge in [0.2, 0.25) is 0 Å². The van der Waals surface area contributed by atoms with Crippen LogP contribution in [0, 0.1) is 17.2 Å². The van der Waals surface area contributed by atoms with Crippen molar-refractivity contribution in [3.05, 3.63) is 0 Å². The van der Waals surface area contributed by atoms with Crippen molar-refractivity contribution in [1.82, 2.24) is 5.43 Å². The second-order valence-corrected chi connectivity index (χ2v) is 4.57. The molecule has 1 heterocycles. The minimum Gasteiger partial charge on any atom is -0.287 e. The Kier molecular flexibility index (Phi) is 2.85. The molecule has 0 bridgehead atoms. The first-order valence-corrected chi connectivity index (χ1v) is 5.68. The number of amidine groups is 1. The maximum absolute atomic E-state index is 7.58. The van der Waals surface area contributed by atoms with Crippen molar-refractivity contribution in [1.29, 1.82) is 5.41 Å². The van der Waals surface area contributed by atoms with Gasteiger partial charge in [0.05, 0.1) is 0 Å². The van der Waals surface area contributed by atoms with E-state index in [1.807, 2.05) is 0 Å². The Labute approximate surface area is 85.5 Å². The molecule has 2 aliphatic rings. The van der Waals surface area contributed by atoms with E-state index in [-0.39, 0.29) is 0 Å². The fourth-order valence-corrected chi connectivity index (χ4v) is 2.40. The minimum atomic E-state index is 0.337. The Morgan fingerprint density at radius 2 is 2.00 bits per heavy atom. The largest absolute Gasteiger partial charge is 0.287 e. The lowest BCUT2D eigenvalue weighted by atomic mass is 9.82. The Balaban J connectivity index is 2.00. The first-order chi connectivity index (χ1) is 6.77. The van der Waals surface area contributed by atoms with Crippen LogP contribution < -0.4 is 5.43 Å². The molecule has 1 aliphatic heterocycles. The zero-order valence-corrected chi connectivity index (χ0v) is 8.84. The van der Waals surface area contributed by atoms with Crippen LogP contribution in [-0.4, -0.2) is 11.5 Å². The molecular weight excluding hydrogens is 174 g/mol. The van der Waals surface area contributed by atoms with Crippen LogP contribution in [0.1, 0.15) is 45.4 Å². The summed E-state index contributed by atoms with van der Waals surface area (Å²) in [5.41, 5.74) is 4.16. The highest BCUT2D eigenvalue weighted by atomic mass is 15.3. The molecule has 3 heteroatoms. The van der Waals surface area contributed by atoms with Gasteiger partial charge in [0.25, 0.3) is 0 Å². The Morgan fingerprint density at radius 1 is 1.29 bits per heavy atom. The van der Waals surface area contributed by atoms with Crippen LogP contribution in [0.15, 0.2) is 5.10 Å². The van der Waals surface area contributed by atoms with Crippen molar-refractivity contribution < 1.29 is 0 Å². The summed E-state index contributed by atoms with van der Waals surface area (Å²) < 4.78 is 0. The standard InChI is InChI=1S/C11H19N3/c1-8-7-10(13-14-11(8)12)9-5-3-2-4-6-9/h8-9H,2-7H2,1H3,(H2,12,14). The summed E-state index contributed by atoms with van der Waals surface area (Å²) in [7, 11) is 0. The molecule has 0 saturated heterocycles. The molecule has 1 aliphatic carbocycles. The van der Waals surface area contributed by atoms with Crippen LogP contribution in [0.2, 0.25) is 0 Å². The number of rotatable bonds is 1. The van der Waals surface area contributed by atoms with Crippen molar-refractivity contribution in [3.8, 4) is 0 Å². The number of nitrogens with zero attached hydrogens (tertiary/aromatic N) is 1. The predicted octanol–water partition coefficient (Wildman–Crippen LogP) is 2.53. The SMILES string of the molecule is CC1CC(C2CCCCC2)=NNC1=N. The van der Waals surface area contributed by atoms with Gasteiger partial charge in [-0.25, -0.2) is 0 Å². The Hall–Kier alpha value is -0.860. The molecular formula is C11H19N3. The molecule has 1 unspecified atom stereocenters. The second-order valence-electron chi connectivity index (χ2n) is 4.57. The molecule has 2 rings (SSSR count). The molecule has 0 aromatic heterocycles. The van der Waals surface area contributed by atoms with Crippen molar-refractivity contribution >= 4 is 11.5 Å². The molecule has 1 fully saturated rings. The number of hydrogen-bond donors (Lipinski definition) is 2. The Morgan fingerprint density at radius 3 is 2.64 bits per heavy atom. The third-order valence-electron chi connectivity index (χ3n) is 3.40. The van der Waals surface area contributed by atoms with Gasteiger partial charge in [-0.3, -0.25) is 10.8 Å². The van der Waals surface area contributed by atoms with Gasteiger partial charge in [0.1, 0.15) is 5.84 Å². The first-order valence-electron chi connectivity index (χ1n) is 5.68. The predicted molar refractivity (Wildman–Crippen MR) is 58.7 cm³/mol. The molecule has 14 heavy (non-hydrogen) atoms. The van der Waals surface area contributed by atoms with E-state index in [1.54, 1.807) is 0 Å². The van der Waals surface area contributed by atoms with Crippen LogP contribution in [0.5, 0.6) is 0 Å². The molecule has 0 amide bonds. The van der Waals surface area contributed by atoms with E-state index >= 15 is 0 Å². The second kappa shape index (κ2) is 4.11. The van der Waals surface area contributed by atoms with Crippen LogP contribution in [0.25, 0.3) is 0 Å². The van der Waals surface area contributed by atoms with Gasteiger partial charge in [-0.2, -0.15) is 5.10 Å². The van der Waals surface area contributed by atoms with Gasteiger partial charge in [-0.05, 0) is 25.2 Å². The van der Waals surface area contributed by atoms with E-state index in [0.717, 1.165) is 6.42 Å². The molecule has 1 atom stereocenters. The van der Waals surface area contributed by atoms with E-state index in [4.69, 9.17) is 5.41 Å². The Bertz CT molecular complexity index is 251. The quantitative estimate of drug-likeness (QED) is 0.660. The lowest BCUT2D eigenvalue weighted by Gasteiger charge is -2.28. The van der Waals surface area contributed by atoms with Gasteiger partial charge in [-0.1, -0.05) is 26.2 Å². The van der Waals surface area contributed by atoms with Crippen LogP contribution in [0.3, 0.4) is 0 Å². The average Bonchev–Trinajstić information content (AvgIpc) is 2.23. The van der Waals surface area contributed by atoms with Crippen LogP contribution in [-0.2, 0) is 0 Å². The minimum absolute atomic E-state index is 0.337. The smallest absolute Gasteiger partial charge is 0.117 e. The zero-order chi connectivity index (χ0) is 9.97. The van der Waals surface area contributed by atoms with E-state index in [2.05, 4.69) is 17.5 Å². The highest BCUT2D eigenvalue weighted by Crippen LogP contribution is 2.28. The summed E-state index contributed by atoms with van der Waals surface area (Å²) in [6.45, 7) is 2.10. The monoisotopic (exact) mass is 193 g/mol. The zero-order valence-electron chi connectivity index (χ0n) is 8.84. The molecule has 78 valence electrons. The van der Waals surface area contributed by atoms with E-state index in [9.17, 15) is 0 Å². The van der Waals surface area contributed by atoms with Gasteiger partial charge in [0.15, 0.2) is 0 Å². The molecule has 3 nitrogen and oxygen atoms in total. The summed E-state index contributed by atoms with van der Waals surface area (Å²) in [5.74, 6) is 1.61. The van der Waals surface area contributed by atoms with Crippen molar-refractivity contribution in [2.24, 2.45) is 16.9 Å². The molecule has 1 saturated carbocycles. The summed E-state index contributed by atoms with van der Waals surface area (Å²) in [6.07, 6.45) is 7.71. The maximum Gasteiger partial charge on any atom is 0.117 e. The maximum atomic E-state index is 7.58. The third-order valence-corrected chi connectivity index (χ3v) is 3.40. The number of hydrazone groups is 1. The van der Waals surface area contributed by atoms with Crippen LogP contribution >= 0.6 is 0 Å². The van der Waals surface area contributed by atoms with Crippen LogP contribution in [0.4, 0.5) is 0 Å². The molecule has 0 spiro atoms. The highest BCUT2D eigenvalue weighted by Gasteiger charge is 2.25. The summed E-state index contributed by atoms with van der Waals surface area (Å²) >= 11 is 0. The lowest BCUT2D eigenvalue weighted by molar-refractivity contribution is 0.429. The number of nitrogens with one attached hydrogen (secondary N) is 2. The molecule has 2 N–H and O–H groups in total. The topological polar surface area (TPSA) is 48.2 Å². The molecule has 0 aromatic carbocycles. The first kappa shape index (κ1) is 9.69. The summed E-state index contributed by atoms with van der Waals surface area (Å²) in [6, 6.07) is 0. The van der Waals surface area contributed by atoms with Crippen molar-refractivity contribution in [3.63, 3.8) is 0 Å². The van der Waals surface area contributed by atoms with Crippen molar-refractivity contribution in [2.45, 2.75) is 45.4 Å². The average molecular weight is 193 g/mol. The van der Waals surface area contributed by atoms with E-state index < -0.39 is 0 Å². The van der Waals surface area contributed by atoms with Gasteiger partial charge >= 0.3 is 0 Å². The van der Waals surface area contributed by atoms with Crippen molar-refractivity contribution in [2.75, 3.05) is 0 Å². The fraction of sp³-hybridized carbons (Fsp3) is 0.818. The lowest BCUT2D eigenvalue weighted by Crippen LogP contribution is -2.35. The van der Waals surface area contributed by atoms with Gasteiger partial charge < -0.3 is 0 Å². The number of hydrogen-bond acceptors (Lipinski definition) is 2. The summed E-state index contributed by atoms with van der Waals surface area (Å²) in [5, 5.41) is 11.9. The summed E-state index contributed by atoms with van der Waals surface area (Å²) in [4.78, 5) is 0. The van der Waals surface area contributed by atoms with Gasteiger partial charge in [-0.15, -0.1) is 0 Å². The highest BCUT2D eigenvalue weighted by molar-refractivity contribution is 5.96. The van der Waals surface area contributed by atoms with E-state index in [1.165, 1.54) is 37.8 Å².